The Hall–Kier alpha value is -3.66. The standard InChI is InChI=1S/C25H26N4O5S/c1-16-13-18(29-34-16)15-35-24-20(10-6-12-26-24)25(32)33-14-22(30)28-21-11-5-4-9-19(21)23(31)27-17-7-2-3-8-17/h4-6,9-13,17H,2-3,7-8,14-15H2,1H3,(H,27,31)(H,28,30). The van der Waals surface area contributed by atoms with Crippen molar-refractivity contribution in [3.05, 3.63) is 71.2 Å². The van der Waals surface area contributed by atoms with E-state index in [1.54, 1.807) is 49.5 Å². The van der Waals surface area contributed by atoms with E-state index in [4.69, 9.17) is 9.26 Å². The van der Waals surface area contributed by atoms with E-state index in [-0.39, 0.29) is 17.5 Å². The van der Waals surface area contributed by atoms with Crippen LogP contribution in [0.1, 0.15) is 57.9 Å². The van der Waals surface area contributed by atoms with Crippen LogP contribution in [0.2, 0.25) is 0 Å². The molecule has 182 valence electrons. The van der Waals surface area contributed by atoms with E-state index in [0.29, 0.717) is 27.8 Å². The Morgan fingerprint density at radius 2 is 1.89 bits per heavy atom. The number of hydrogen-bond acceptors (Lipinski definition) is 8. The lowest BCUT2D eigenvalue weighted by atomic mass is 10.1. The van der Waals surface area contributed by atoms with E-state index in [0.717, 1.165) is 31.4 Å². The molecule has 9 nitrogen and oxygen atoms in total. The first kappa shape index (κ1) is 24.5. The highest BCUT2D eigenvalue weighted by Gasteiger charge is 2.21. The lowest BCUT2D eigenvalue weighted by Gasteiger charge is -2.15. The van der Waals surface area contributed by atoms with Crippen molar-refractivity contribution in [1.82, 2.24) is 15.5 Å². The molecule has 1 aliphatic carbocycles. The van der Waals surface area contributed by atoms with E-state index in [2.05, 4.69) is 20.8 Å². The van der Waals surface area contributed by atoms with Gasteiger partial charge >= 0.3 is 5.97 Å². The van der Waals surface area contributed by atoms with Gasteiger partial charge in [0.05, 0.1) is 22.5 Å². The number of hydrogen-bond donors (Lipinski definition) is 2. The van der Waals surface area contributed by atoms with Gasteiger partial charge in [0.25, 0.3) is 11.8 Å². The first-order chi connectivity index (χ1) is 17.0. The van der Waals surface area contributed by atoms with Crippen LogP contribution in [0, 0.1) is 6.92 Å². The number of nitrogens with zero attached hydrogens (tertiary/aromatic N) is 2. The molecule has 3 aromatic rings. The third-order valence-corrected chi connectivity index (χ3v) is 6.53. The van der Waals surface area contributed by atoms with Crippen LogP contribution in [0.15, 0.2) is 58.2 Å². The highest BCUT2D eigenvalue weighted by Crippen LogP contribution is 2.25. The van der Waals surface area contributed by atoms with Gasteiger partial charge in [-0.3, -0.25) is 9.59 Å². The van der Waals surface area contributed by atoms with Gasteiger partial charge < -0.3 is 19.9 Å². The molecule has 0 bridgehead atoms. The molecule has 35 heavy (non-hydrogen) atoms. The molecule has 0 saturated heterocycles. The minimum Gasteiger partial charge on any atom is -0.452 e. The number of anilines is 1. The van der Waals surface area contributed by atoms with Crippen LogP contribution in [0.3, 0.4) is 0 Å². The molecule has 2 N–H and O–H groups in total. The summed E-state index contributed by atoms with van der Waals surface area (Å²) in [7, 11) is 0. The second-order valence-corrected chi connectivity index (χ2v) is 9.16. The topological polar surface area (TPSA) is 123 Å². The molecular weight excluding hydrogens is 468 g/mol. The third kappa shape index (κ3) is 6.69. The van der Waals surface area contributed by atoms with Gasteiger partial charge in [-0.05, 0) is 44.0 Å². The van der Waals surface area contributed by atoms with Gasteiger partial charge in [0, 0.05) is 24.1 Å². The first-order valence-corrected chi connectivity index (χ1v) is 12.3. The molecule has 0 spiro atoms. The molecule has 2 heterocycles. The summed E-state index contributed by atoms with van der Waals surface area (Å²) < 4.78 is 10.3. The van der Waals surface area contributed by atoms with Crippen LogP contribution in [0.5, 0.6) is 0 Å². The van der Waals surface area contributed by atoms with Gasteiger partial charge in [0.2, 0.25) is 0 Å². The molecule has 2 aromatic heterocycles. The van der Waals surface area contributed by atoms with E-state index in [1.165, 1.54) is 11.8 Å². The number of nitrogens with one attached hydrogen (secondary N) is 2. The minimum atomic E-state index is -0.667. The van der Waals surface area contributed by atoms with Crippen LogP contribution < -0.4 is 10.6 Å². The monoisotopic (exact) mass is 494 g/mol. The number of amides is 2. The summed E-state index contributed by atoms with van der Waals surface area (Å²) in [5.74, 6) is -0.279. The molecule has 0 aliphatic heterocycles. The number of aryl methyl sites for hydroxylation is 1. The number of pyridine rings is 1. The highest BCUT2D eigenvalue weighted by atomic mass is 32.2. The third-order valence-electron chi connectivity index (χ3n) is 5.50. The van der Waals surface area contributed by atoms with Crippen molar-refractivity contribution in [3.8, 4) is 0 Å². The number of rotatable bonds is 9. The summed E-state index contributed by atoms with van der Waals surface area (Å²) in [4.78, 5) is 42.1. The average molecular weight is 495 g/mol. The maximum absolute atomic E-state index is 12.7. The Morgan fingerprint density at radius 3 is 2.66 bits per heavy atom. The molecule has 1 fully saturated rings. The Labute approximate surface area is 207 Å². The van der Waals surface area contributed by atoms with Gasteiger partial charge in [-0.15, -0.1) is 0 Å². The van der Waals surface area contributed by atoms with Crippen LogP contribution in [-0.4, -0.2) is 40.6 Å². The lowest BCUT2D eigenvalue weighted by Crippen LogP contribution is -2.33. The molecule has 0 atom stereocenters. The van der Waals surface area contributed by atoms with Crippen molar-refractivity contribution in [3.63, 3.8) is 0 Å². The van der Waals surface area contributed by atoms with Crippen LogP contribution in [0.25, 0.3) is 0 Å². The number of esters is 1. The Bertz CT molecular complexity index is 1210. The molecule has 10 heteroatoms. The summed E-state index contributed by atoms with van der Waals surface area (Å²) in [5, 5.41) is 10.1. The van der Waals surface area contributed by atoms with Crippen LogP contribution in [-0.2, 0) is 15.3 Å². The summed E-state index contributed by atoms with van der Waals surface area (Å²) in [6.45, 7) is 1.30. The number of carbonyl (C=O) groups excluding carboxylic acids is 3. The second kappa shape index (κ2) is 11.7. The quantitative estimate of drug-likeness (QED) is 0.336. The van der Waals surface area contributed by atoms with Crippen molar-refractivity contribution in [2.75, 3.05) is 11.9 Å². The van der Waals surface area contributed by atoms with Crippen molar-refractivity contribution in [2.24, 2.45) is 0 Å². The van der Waals surface area contributed by atoms with Gasteiger partial charge in [-0.1, -0.05) is 41.9 Å². The maximum Gasteiger partial charge on any atom is 0.341 e. The number of para-hydroxylation sites is 1. The van der Waals surface area contributed by atoms with Crippen molar-refractivity contribution >= 4 is 35.2 Å². The van der Waals surface area contributed by atoms with Crippen molar-refractivity contribution < 1.29 is 23.6 Å². The number of benzene rings is 1. The Morgan fingerprint density at radius 1 is 1.11 bits per heavy atom. The number of carbonyl (C=O) groups is 3. The van der Waals surface area contributed by atoms with E-state index < -0.39 is 18.5 Å². The fourth-order valence-electron chi connectivity index (χ4n) is 3.81. The number of thioether (sulfide) groups is 1. The van der Waals surface area contributed by atoms with Gasteiger partial charge in [0.15, 0.2) is 6.61 Å². The normalized spacial score (nSPS) is 13.4. The second-order valence-electron chi connectivity index (χ2n) is 8.20. The molecule has 0 unspecified atom stereocenters. The summed E-state index contributed by atoms with van der Waals surface area (Å²) in [6.07, 6.45) is 5.71. The molecular formula is C25H26N4O5S. The molecule has 1 aromatic carbocycles. The Kier molecular flexibility index (Phi) is 8.15. The van der Waals surface area contributed by atoms with Crippen LogP contribution in [0.4, 0.5) is 5.69 Å². The smallest absolute Gasteiger partial charge is 0.341 e. The molecule has 2 amide bonds. The fourth-order valence-corrected chi connectivity index (χ4v) is 4.67. The Balaban J connectivity index is 1.33. The van der Waals surface area contributed by atoms with Gasteiger partial charge in [0.1, 0.15) is 10.8 Å². The van der Waals surface area contributed by atoms with Crippen molar-refractivity contribution in [2.45, 2.75) is 49.4 Å². The predicted molar refractivity (Wildman–Crippen MR) is 130 cm³/mol. The largest absolute Gasteiger partial charge is 0.452 e. The fraction of sp³-hybridized carbons (Fsp3) is 0.320. The van der Waals surface area contributed by atoms with Crippen molar-refractivity contribution in [1.29, 1.82) is 0 Å². The minimum absolute atomic E-state index is 0.159. The van der Waals surface area contributed by atoms with Gasteiger partial charge in [-0.25, -0.2) is 9.78 Å². The number of aromatic nitrogens is 2. The molecule has 0 radical (unpaired) electrons. The highest BCUT2D eigenvalue weighted by molar-refractivity contribution is 7.98. The van der Waals surface area contributed by atoms with Crippen LogP contribution >= 0.6 is 11.8 Å². The summed E-state index contributed by atoms with van der Waals surface area (Å²) in [5.41, 5.74) is 1.71. The average Bonchev–Trinajstić information content (AvgIpc) is 3.53. The summed E-state index contributed by atoms with van der Waals surface area (Å²) in [6, 6.07) is 11.9. The zero-order valence-corrected chi connectivity index (χ0v) is 20.1. The maximum atomic E-state index is 12.7. The van der Waals surface area contributed by atoms with E-state index in [9.17, 15) is 14.4 Å². The lowest BCUT2D eigenvalue weighted by molar-refractivity contribution is -0.119. The van der Waals surface area contributed by atoms with E-state index in [1.807, 2.05) is 6.07 Å². The molecule has 1 aliphatic rings. The van der Waals surface area contributed by atoms with Gasteiger partial charge in [-0.2, -0.15) is 0 Å². The number of ether oxygens (including phenoxy) is 1. The summed E-state index contributed by atoms with van der Waals surface area (Å²) >= 11 is 1.32. The van der Waals surface area contributed by atoms with E-state index >= 15 is 0 Å². The predicted octanol–water partition coefficient (Wildman–Crippen LogP) is 4.14. The first-order valence-electron chi connectivity index (χ1n) is 11.4. The SMILES string of the molecule is Cc1cc(CSc2ncccc2C(=O)OCC(=O)Nc2ccccc2C(=O)NC2CCCC2)no1. The molecule has 4 rings (SSSR count). The molecule has 1 saturated carbocycles. The zero-order valence-electron chi connectivity index (χ0n) is 19.3. The zero-order chi connectivity index (χ0) is 24.6.